The highest BCUT2D eigenvalue weighted by Crippen LogP contribution is 2.18. The van der Waals surface area contributed by atoms with Crippen molar-refractivity contribution in [1.82, 2.24) is 15.1 Å². The van der Waals surface area contributed by atoms with Crippen LogP contribution in [0.5, 0.6) is 0 Å². The Morgan fingerprint density at radius 1 is 1.14 bits per heavy atom. The van der Waals surface area contributed by atoms with E-state index in [1.54, 1.807) is 6.20 Å². The molecule has 0 aliphatic heterocycles. The molecule has 3 rings (SSSR count). The van der Waals surface area contributed by atoms with Crippen LogP contribution in [0, 0.1) is 0 Å². The SMILES string of the molecule is OC1CCCCCC1NCc1ccc(-n2cccn2)cc1. The van der Waals surface area contributed by atoms with Gasteiger partial charge in [0.25, 0.3) is 0 Å². The van der Waals surface area contributed by atoms with Crippen molar-refractivity contribution in [2.24, 2.45) is 0 Å². The highest BCUT2D eigenvalue weighted by molar-refractivity contribution is 5.33. The molecule has 0 amide bonds. The molecule has 1 aromatic carbocycles. The topological polar surface area (TPSA) is 50.1 Å². The lowest BCUT2D eigenvalue weighted by molar-refractivity contribution is 0.119. The van der Waals surface area contributed by atoms with E-state index in [4.69, 9.17) is 0 Å². The van der Waals surface area contributed by atoms with Gasteiger partial charge in [0.1, 0.15) is 0 Å². The molecular weight excluding hydrogens is 262 g/mol. The van der Waals surface area contributed by atoms with E-state index in [2.05, 4.69) is 34.7 Å². The van der Waals surface area contributed by atoms with Crippen molar-refractivity contribution in [3.05, 3.63) is 48.3 Å². The van der Waals surface area contributed by atoms with Gasteiger partial charge in [0, 0.05) is 25.0 Å². The Bertz CT molecular complexity index is 536. The Morgan fingerprint density at radius 3 is 2.71 bits per heavy atom. The number of hydrogen-bond donors (Lipinski definition) is 2. The second-order valence-corrected chi connectivity index (χ2v) is 5.81. The summed E-state index contributed by atoms with van der Waals surface area (Å²) < 4.78 is 1.85. The predicted octanol–water partition coefficient (Wildman–Crippen LogP) is 2.66. The summed E-state index contributed by atoms with van der Waals surface area (Å²) in [4.78, 5) is 0. The first-order valence-electron chi connectivity index (χ1n) is 7.83. The maximum absolute atomic E-state index is 10.1. The van der Waals surface area contributed by atoms with Crippen LogP contribution in [0.4, 0.5) is 0 Å². The van der Waals surface area contributed by atoms with Crippen LogP contribution < -0.4 is 5.32 Å². The number of nitrogens with zero attached hydrogens (tertiary/aromatic N) is 2. The lowest BCUT2D eigenvalue weighted by Crippen LogP contribution is -2.38. The Morgan fingerprint density at radius 2 is 1.95 bits per heavy atom. The summed E-state index contributed by atoms with van der Waals surface area (Å²) in [7, 11) is 0. The van der Waals surface area contributed by atoms with Crippen molar-refractivity contribution >= 4 is 0 Å². The zero-order valence-electron chi connectivity index (χ0n) is 12.3. The average Bonchev–Trinajstić information content (AvgIpc) is 2.97. The predicted molar refractivity (Wildman–Crippen MR) is 83.3 cm³/mol. The van der Waals surface area contributed by atoms with Gasteiger partial charge in [-0.3, -0.25) is 0 Å². The van der Waals surface area contributed by atoms with Gasteiger partial charge in [0.05, 0.1) is 11.8 Å². The number of rotatable bonds is 4. The quantitative estimate of drug-likeness (QED) is 0.849. The number of hydrogen-bond acceptors (Lipinski definition) is 3. The molecule has 1 saturated carbocycles. The fraction of sp³-hybridized carbons (Fsp3) is 0.471. The lowest BCUT2D eigenvalue weighted by Gasteiger charge is -2.21. The Kier molecular flexibility index (Phi) is 4.68. The maximum atomic E-state index is 10.1. The molecule has 1 aromatic heterocycles. The van der Waals surface area contributed by atoms with E-state index in [-0.39, 0.29) is 12.1 Å². The molecule has 0 spiro atoms. The van der Waals surface area contributed by atoms with Gasteiger partial charge < -0.3 is 10.4 Å². The molecule has 4 heteroatoms. The first-order valence-corrected chi connectivity index (χ1v) is 7.83. The first-order chi connectivity index (χ1) is 10.3. The summed E-state index contributed by atoms with van der Waals surface area (Å²) in [5.41, 5.74) is 2.31. The highest BCUT2D eigenvalue weighted by Gasteiger charge is 2.20. The third kappa shape index (κ3) is 3.71. The number of nitrogens with one attached hydrogen (secondary N) is 1. The molecular formula is C17H23N3O. The normalized spacial score (nSPS) is 22.9. The maximum Gasteiger partial charge on any atom is 0.0693 e. The summed E-state index contributed by atoms with van der Waals surface area (Å²) in [6.07, 6.45) is 9.13. The van der Waals surface area contributed by atoms with Crippen LogP contribution in [0.2, 0.25) is 0 Å². The molecule has 2 aromatic rings. The fourth-order valence-electron chi connectivity index (χ4n) is 2.96. The number of benzene rings is 1. The molecule has 2 atom stereocenters. The van der Waals surface area contributed by atoms with Crippen LogP contribution in [0.15, 0.2) is 42.7 Å². The summed E-state index contributed by atoms with van der Waals surface area (Å²) in [5, 5.41) is 17.9. The zero-order valence-corrected chi connectivity index (χ0v) is 12.3. The van der Waals surface area contributed by atoms with Crippen molar-refractivity contribution in [1.29, 1.82) is 0 Å². The molecule has 1 heterocycles. The minimum Gasteiger partial charge on any atom is -0.392 e. The minimum atomic E-state index is -0.198. The molecule has 0 bridgehead atoms. The van der Waals surface area contributed by atoms with Gasteiger partial charge >= 0.3 is 0 Å². The van der Waals surface area contributed by atoms with E-state index in [0.717, 1.165) is 31.5 Å². The van der Waals surface area contributed by atoms with E-state index in [0.29, 0.717) is 0 Å². The smallest absolute Gasteiger partial charge is 0.0693 e. The molecule has 21 heavy (non-hydrogen) atoms. The number of aliphatic hydroxyl groups is 1. The summed E-state index contributed by atoms with van der Waals surface area (Å²) in [5.74, 6) is 0. The van der Waals surface area contributed by atoms with Gasteiger partial charge in [-0.05, 0) is 36.6 Å². The van der Waals surface area contributed by atoms with Crippen LogP contribution in [0.3, 0.4) is 0 Å². The molecule has 112 valence electrons. The van der Waals surface area contributed by atoms with E-state index >= 15 is 0 Å². The third-order valence-electron chi connectivity index (χ3n) is 4.25. The van der Waals surface area contributed by atoms with E-state index in [1.807, 2.05) is 16.9 Å². The van der Waals surface area contributed by atoms with Gasteiger partial charge in [-0.15, -0.1) is 0 Å². The number of aromatic nitrogens is 2. The zero-order chi connectivity index (χ0) is 14.5. The van der Waals surface area contributed by atoms with Gasteiger partial charge in [-0.1, -0.05) is 31.4 Å². The molecule has 4 nitrogen and oxygen atoms in total. The van der Waals surface area contributed by atoms with Crippen LogP contribution in [0.25, 0.3) is 5.69 Å². The first kappa shape index (κ1) is 14.3. The average molecular weight is 285 g/mol. The molecule has 0 saturated heterocycles. The van der Waals surface area contributed by atoms with Crippen LogP contribution in [0.1, 0.15) is 37.7 Å². The fourth-order valence-corrected chi connectivity index (χ4v) is 2.96. The Hall–Kier alpha value is -1.65. The largest absolute Gasteiger partial charge is 0.392 e. The molecule has 0 radical (unpaired) electrons. The van der Waals surface area contributed by atoms with Crippen LogP contribution in [-0.2, 0) is 6.54 Å². The highest BCUT2D eigenvalue weighted by atomic mass is 16.3. The van der Waals surface area contributed by atoms with Gasteiger partial charge in [-0.2, -0.15) is 5.10 Å². The lowest BCUT2D eigenvalue weighted by atomic mass is 10.1. The molecule has 1 fully saturated rings. The molecule has 1 aliphatic carbocycles. The second-order valence-electron chi connectivity index (χ2n) is 5.81. The standard InChI is InChI=1S/C17H23N3O/c21-17-6-3-1-2-5-16(17)18-13-14-7-9-15(10-8-14)20-12-4-11-19-20/h4,7-12,16-18,21H,1-3,5-6,13H2. The van der Waals surface area contributed by atoms with Gasteiger partial charge in [-0.25, -0.2) is 4.68 Å². The van der Waals surface area contributed by atoms with Gasteiger partial charge in [0.15, 0.2) is 0 Å². The Labute approximate surface area is 125 Å². The summed E-state index contributed by atoms with van der Waals surface area (Å²) in [6, 6.07) is 10.5. The van der Waals surface area contributed by atoms with Crippen LogP contribution in [-0.4, -0.2) is 27.0 Å². The van der Waals surface area contributed by atoms with Crippen molar-refractivity contribution in [3.63, 3.8) is 0 Å². The summed E-state index contributed by atoms with van der Waals surface area (Å²) >= 11 is 0. The number of aliphatic hydroxyl groups excluding tert-OH is 1. The molecule has 2 unspecified atom stereocenters. The summed E-state index contributed by atoms with van der Waals surface area (Å²) in [6.45, 7) is 0.807. The molecule has 1 aliphatic rings. The monoisotopic (exact) mass is 285 g/mol. The van der Waals surface area contributed by atoms with E-state index in [9.17, 15) is 5.11 Å². The van der Waals surface area contributed by atoms with E-state index < -0.39 is 0 Å². The van der Waals surface area contributed by atoms with E-state index in [1.165, 1.54) is 18.4 Å². The van der Waals surface area contributed by atoms with Gasteiger partial charge in [0.2, 0.25) is 0 Å². The van der Waals surface area contributed by atoms with Crippen LogP contribution >= 0.6 is 0 Å². The molecule has 2 N–H and O–H groups in total. The second kappa shape index (κ2) is 6.87. The van der Waals surface area contributed by atoms with Crippen molar-refractivity contribution in [2.45, 2.75) is 50.8 Å². The van der Waals surface area contributed by atoms with Crippen molar-refractivity contribution in [2.75, 3.05) is 0 Å². The minimum absolute atomic E-state index is 0.198. The third-order valence-corrected chi connectivity index (χ3v) is 4.25. The van der Waals surface area contributed by atoms with Crippen molar-refractivity contribution < 1.29 is 5.11 Å². The van der Waals surface area contributed by atoms with Crippen molar-refractivity contribution in [3.8, 4) is 5.69 Å². The Balaban J connectivity index is 1.58.